The summed E-state index contributed by atoms with van der Waals surface area (Å²) in [6.45, 7) is 6.87. The number of carboxylic acids is 2. The minimum atomic E-state index is -0.935. The Labute approximate surface area is 211 Å². The van der Waals surface area contributed by atoms with Gasteiger partial charge in [0.15, 0.2) is 0 Å². The molecule has 180 valence electrons. The zero-order chi connectivity index (χ0) is 22.9. The molecule has 4 nitrogen and oxygen atoms in total. The van der Waals surface area contributed by atoms with E-state index in [1.165, 1.54) is 103 Å². The maximum absolute atomic E-state index is 10.4. The van der Waals surface area contributed by atoms with Gasteiger partial charge in [0.05, 0.1) is 0 Å². The maximum atomic E-state index is 10.4. The van der Waals surface area contributed by atoms with Crippen molar-refractivity contribution in [2.45, 2.75) is 129 Å². The van der Waals surface area contributed by atoms with Crippen molar-refractivity contribution in [3.05, 3.63) is 24.3 Å². The zero-order valence-electron chi connectivity index (χ0n) is 22.5. The van der Waals surface area contributed by atoms with Crippen molar-refractivity contribution < 1.29 is 22.7 Å². The first-order valence-electron chi connectivity index (χ1n) is 12.2. The van der Waals surface area contributed by atoms with Gasteiger partial charge in [-0.2, -0.15) is 0 Å². The van der Waals surface area contributed by atoms with Gasteiger partial charge < -0.3 is 13.1 Å². The van der Waals surface area contributed by atoms with Crippen LogP contribution in [-0.2, 0) is 9.59 Å². The third-order valence-electron chi connectivity index (χ3n) is 5.02. The first-order valence-corrected chi connectivity index (χ1v) is 12.2. The fraction of sp³-hybridized carbons (Fsp3) is 0.769. The van der Waals surface area contributed by atoms with E-state index in [2.05, 4.69) is 25.7 Å². The van der Waals surface area contributed by atoms with E-state index in [1.807, 2.05) is 0 Å². The number of unbranched alkanes of at least 4 members (excludes halogenated alkanes) is 15. The van der Waals surface area contributed by atoms with E-state index in [-0.39, 0.29) is 31.5 Å². The van der Waals surface area contributed by atoms with Crippen LogP contribution < -0.4 is 0 Å². The fourth-order valence-electron chi connectivity index (χ4n) is 3.05. The van der Waals surface area contributed by atoms with E-state index in [1.54, 1.807) is 0 Å². The fourth-order valence-corrected chi connectivity index (χ4v) is 3.05. The Morgan fingerprint density at radius 1 is 0.710 bits per heavy atom. The average molecular weight is 451 g/mol. The summed E-state index contributed by atoms with van der Waals surface area (Å²) < 4.78 is 0. The summed E-state index contributed by atoms with van der Waals surface area (Å²) in [6.07, 6.45) is 27.1. The van der Waals surface area contributed by atoms with Gasteiger partial charge >= 0.3 is 35.0 Å². The molecule has 0 amide bonds. The van der Waals surface area contributed by atoms with Crippen LogP contribution in [0.25, 0.3) is 0 Å². The standard InChI is InChI=1S/C22H42O2.C4H6O2.Mg.2H/c1-2-3-4-5-6-7-8-9-10-11-12-13-14-15-16-17-18-19-20-21-22(23)24;1-3(2)4(5)6;;;/h9-10H,2-8,11-21H2,1H3,(H,23,24);1H2,2H3,(H,5,6);;;/q;;+2;2*-1/b10-9-;;;;. The van der Waals surface area contributed by atoms with E-state index >= 15 is 0 Å². The summed E-state index contributed by atoms with van der Waals surface area (Å²) in [5.74, 6) is -1.59. The molecule has 0 spiro atoms. The molecule has 0 aliphatic heterocycles. The summed E-state index contributed by atoms with van der Waals surface area (Å²) in [6, 6.07) is 0. The Morgan fingerprint density at radius 3 is 1.35 bits per heavy atom. The summed E-state index contributed by atoms with van der Waals surface area (Å²) >= 11 is 0. The molecule has 0 aliphatic carbocycles. The predicted molar refractivity (Wildman–Crippen MR) is 136 cm³/mol. The second-order valence-electron chi connectivity index (χ2n) is 8.23. The van der Waals surface area contributed by atoms with Gasteiger partial charge in [0.2, 0.25) is 0 Å². The second-order valence-corrected chi connectivity index (χ2v) is 8.23. The molecule has 0 unspecified atom stereocenters. The topological polar surface area (TPSA) is 74.6 Å². The minimum Gasteiger partial charge on any atom is -1.00 e. The Morgan fingerprint density at radius 2 is 1.03 bits per heavy atom. The number of hydrogen-bond acceptors (Lipinski definition) is 2. The van der Waals surface area contributed by atoms with Gasteiger partial charge in [0, 0.05) is 12.0 Å². The molecule has 0 heterocycles. The molecule has 31 heavy (non-hydrogen) atoms. The van der Waals surface area contributed by atoms with Crippen molar-refractivity contribution >= 4 is 35.0 Å². The van der Waals surface area contributed by atoms with Gasteiger partial charge in [-0.3, -0.25) is 4.79 Å². The van der Waals surface area contributed by atoms with Crippen molar-refractivity contribution in [2.24, 2.45) is 0 Å². The number of carbonyl (C=O) groups is 2. The van der Waals surface area contributed by atoms with Crippen LogP contribution in [0.3, 0.4) is 0 Å². The molecular weight excluding hydrogens is 401 g/mol. The first kappa shape index (κ1) is 34.8. The molecule has 0 atom stereocenters. The summed E-state index contributed by atoms with van der Waals surface area (Å²) in [5, 5.41) is 16.4. The van der Waals surface area contributed by atoms with Crippen molar-refractivity contribution in [3.63, 3.8) is 0 Å². The molecule has 0 aromatic carbocycles. The van der Waals surface area contributed by atoms with E-state index in [4.69, 9.17) is 10.2 Å². The van der Waals surface area contributed by atoms with Gasteiger partial charge in [-0.1, -0.05) is 103 Å². The largest absolute Gasteiger partial charge is 2.00 e. The van der Waals surface area contributed by atoms with Crippen molar-refractivity contribution in [1.29, 1.82) is 0 Å². The SMILES string of the molecule is C=C(C)C(=O)O.CCCCCCCC/C=C\CCCCCCCCCCCC(=O)O.[H-].[H-].[Mg+2]. The monoisotopic (exact) mass is 450 g/mol. The van der Waals surface area contributed by atoms with Gasteiger partial charge in [-0.05, 0) is 39.0 Å². The van der Waals surface area contributed by atoms with Crippen LogP contribution in [0.5, 0.6) is 0 Å². The van der Waals surface area contributed by atoms with Crippen molar-refractivity contribution in [3.8, 4) is 0 Å². The molecule has 5 heteroatoms. The van der Waals surface area contributed by atoms with Crippen LogP contribution in [0.1, 0.15) is 132 Å². The minimum absolute atomic E-state index is 0. The number of hydrogen-bond donors (Lipinski definition) is 2. The molecule has 2 N–H and O–H groups in total. The molecule has 0 fully saturated rings. The van der Waals surface area contributed by atoms with E-state index in [0.717, 1.165) is 12.8 Å². The molecule has 0 bridgehead atoms. The Kier molecular flexibility index (Phi) is 32.8. The molecule has 0 saturated carbocycles. The van der Waals surface area contributed by atoms with E-state index in [9.17, 15) is 9.59 Å². The van der Waals surface area contributed by atoms with E-state index in [0.29, 0.717) is 6.42 Å². The third kappa shape index (κ3) is 36.9. The van der Waals surface area contributed by atoms with Crippen LogP contribution >= 0.6 is 0 Å². The van der Waals surface area contributed by atoms with Gasteiger partial charge in [-0.15, -0.1) is 0 Å². The van der Waals surface area contributed by atoms with Crippen LogP contribution in [0.15, 0.2) is 24.3 Å². The number of carboxylic acid groups (broad SMARTS) is 2. The first-order chi connectivity index (χ1) is 14.4. The number of allylic oxidation sites excluding steroid dienone is 2. The van der Waals surface area contributed by atoms with E-state index < -0.39 is 11.9 Å². The van der Waals surface area contributed by atoms with Crippen LogP contribution in [0.4, 0.5) is 0 Å². The average Bonchev–Trinajstić information content (AvgIpc) is 2.70. The Bertz CT molecular complexity index is 446. The molecule has 0 radical (unpaired) electrons. The zero-order valence-corrected chi connectivity index (χ0v) is 21.9. The quantitative estimate of drug-likeness (QED) is 0.0848. The third-order valence-corrected chi connectivity index (χ3v) is 5.02. The Balaban J connectivity index is -0.000000256. The molecule has 0 aliphatic rings. The smallest absolute Gasteiger partial charge is 1.00 e. The van der Waals surface area contributed by atoms with Crippen molar-refractivity contribution in [2.75, 3.05) is 0 Å². The molecular formula is C26H50MgO4. The normalized spacial score (nSPS) is 10.3. The number of rotatable bonds is 20. The van der Waals surface area contributed by atoms with Crippen LogP contribution in [0.2, 0.25) is 0 Å². The van der Waals surface area contributed by atoms with Crippen LogP contribution in [-0.4, -0.2) is 45.2 Å². The van der Waals surface area contributed by atoms with Gasteiger partial charge in [0.1, 0.15) is 0 Å². The molecule has 0 saturated heterocycles. The summed E-state index contributed by atoms with van der Waals surface area (Å²) in [5.41, 5.74) is 0.176. The molecule has 0 rings (SSSR count). The maximum Gasteiger partial charge on any atom is 2.00 e. The van der Waals surface area contributed by atoms with Crippen molar-refractivity contribution in [1.82, 2.24) is 0 Å². The Hall–Kier alpha value is -0.814. The molecule has 0 aromatic heterocycles. The van der Waals surface area contributed by atoms with Crippen LogP contribution in [0, 0.1) is 0 Å². The number of aliphatic carboxylic acids is 2. The van der Waals surface area contributed by atoms with Gasteiger partial charge in [-0.25, -0.2) is 4.79 Å². The molecule has 0 aromatic rings. The predicted octanol–water partition coefficient (Wildman–Crippen LogP) is 8.16. The second kappa shape index (κ2) is 29.2. The summed E-state index contributed by atoms with van der Waals surface area (Å²) in [4.78, 5) is 20.0. The summed E-state index contributed by atoms with van der Waals surface area (Å²) in [7, 11) is 0. The van der Waals surface area contributed by atoms with Gasteiger partial charge in [0.25, 0.3) is 0 Å².